The Bertz CT molecular complexity index is 804. The average Bonchev–Trinajstić information content (AvgIpc) is 3.37. The van der Waals surface area contributed by atoms with Gasteiger partial charge in [-0.2, -0.15) is 13.4 Å². The average molecular weight is 335 g/mol. The van der Waals surface area contributed by atoms with E-state index in [9.17, 15) is 8.42 Å². The van der Waals surface area contributed by atoms with E-state index in [1.807, 2.05) is 6.07 Å². The molecule has 0 amide bonds. The Balaban J connectivity index is 1.71. The summed E-state index contributed by atoms with van der Waals surface area (Å²) in [7, 11) is -2.42. The van der Waals surface area contributed by atoms with Gasteiger partial charge in [0.15, 0.2) is 0 Å². The molecule has 0 atom stereocenters. The molecule has 0 spiro atoms. The van der Waals surface area contributed by atoms with Crippen molar-refractivity contribution in [3.63, 3.8) is 0 Å². The summed E-state index contributed by atoms with van der Waals surface area (Å²) in [5.74, 6) is 1.66. The molecule has 0 aliphatic heterocycles. The van der Waals surface area contributed by atoms with E-state index < -0.39 is 10.1 Å². The van der Waals surface area contributed by atoms with Gasteiger partial charge in [0.05, 0.1) is 16.3 Å². The minimum absolute atomic E-state index is 0.154. The summed E-state index contributed by atoms with van der Waals surface area (Å²) in [4.78, 5) is 8.57. The first-order chi connectivity index (χ1) is 11.0. The van der Waals surface area contributed by atoms with Crippen LogP contribution in [0.1, 0.15) is 24.5 Å². The number of nitrogens with zero attached hydrogens (tertiary/aromatic N) is 2. The molecule has 23 heavy (non-hydrogen) atoms. The van der Waals surface area contributed by atoms with Crippen LogP contribution in [0, 0.1) is 0 Å². The fourth-order valence-electron chi connectivity index (χ4n) is 2.08. The van der Waals surface area contributed by atoms with Crippen LogP contribution in [0.5, 0.6) is 0 Å². The summed E-state index contributed by atoms with van der Waals surface area (Å²) >= 11 is 0. The van der Waals surface area contributed by atoms with E-state index in [4.69, 9.17) is 4.55 Å². The van der Waals surface area contributed by atoms with Gasteiger partial charge in [0.25, 0.3) is 10.1 Å². The molecule has 1 saturated carbocycles. The van der Waals surface area contributed by atoms with E-state index >= 15 is 0 Å². The van der Waals surface area contributed by atoms with Crippen molar-refractivity contribution < 1.29 is 13.0 Å². The molecular weight excluding hydrogens is 318 g/mol. The van der Waals surface area contributed by atoms with Crippen LogP contribution < -0.4 is 16.2 Å². The number of nitrogens with one attached hydrogen (secondary N) is 3. The van der Waals surface area contributed by atoms with Gasteiger partial charge in [-0.05, 0) is 37.1 Å². The molecule has 4 N–H and O–H groups in total. The molecule has 9 heteroatoms. The standard InChI is InChI=1S/C14H17N5O3S/c1-15-14-16-12(9-2-3-9)8-13(17-14)19-18-10-4-6-11(7-5-10)23(20,21)22/h4-9,18H,2-3H2,1H3,(H,20,21,22)(H2,15,16,17,19). The van der Waals surface area contributed by atoms with Gasteiger partial charge in [0.1, 0.15) is 5.82 Å². The van der Waals surface area contributed by atoms with E-state index in [1.165, 1.54) is 24.3 Å². The van der Waals surface area contributed by atoms with Crippen molar-refractivity contribution in [2.45, 2.75) is 23.7 Å². The summed E-state index contributed by atoms with van der Waals surface area (Å²) in [6.45, 7) is 0. The van der Waals surface area contributed by atoms with Gasteiger partial charge in [0, 0.05) is 19.0 Å². The summed E-state index contributed by atoms with van der Waals surface area (Å²) in [5, 5.41) is 2.93. The van der Waals surface area contributed by atoms with Crippen molar-refractivity contribution in [2.75, 3.05) is 23.2 Å². The molecule has 2 aromatic rings. The monoisotopic (exact) mass is 335 g/mol. The molecule has 1 heterocycles. The van der Waals surface area contributed by atoms with E-state index in [0.717, 1.165) is 18.5 Å². The number of benzene rings is 1. The Morgan fingerprint density at radius 1 is 1.13 bits per heavy atom. The first-order valence-corrected chi connectivity index (χ1v) is 8.56. The van der Waals surface area contributed by atoms with Gasteiger partial charge in [0.2, 0.25) is 5.95 Å². The summed E-state index contributed by atoms with van der Waals surface area (Å²) < 4.78 is 30.9. The molecular formula is C14H17N5O3S. The summed E-state index contributed by atoms with van der Waals surface area (Å²) in [5.41, 5.74) is 7.53. The Morgan fingerprint density at radius 3 is 2.39 bits per heavy atom. The minimum atomic E-state index is -4.18. The second-order valence-corrected chi connectivity index (χ2v) is 6.70. The normalized spacial score (nSPS) is 14.3. The van der Waals surface area contributed by atoms with Crippen molar-refractivity contribution >= 4 is 27.6 Å². The van der Waals surface area contributed by atoms with Gasteiger partial charge >= 0.3 is 0 Å². The highest BCUT2D eigenvalue weighted by molar-refractivity contribution is 7.85. The number of anilines is 3. The summed E-state index contributed by atoms with van der Waals surface area (Å²) in [6, 6.07) is 7.59. The van der Waals surface area contributed by atoms with E-state index in [1.54, 1.807) is 7.05 Å². The van der Waals surface area contributed by atoms with Crippen molar-refractivity contribution in [1.82, 2.24) is 9.97 Å². The molecule has 1 aliphatic carbocycles. The van der Waals surface area contributed by atoms with Crippen LogP contribution in [0.2, 0.25) is 0 Å². The topological polar surface area (TPSA) is 116 Å². The van der Waals surface area contributed by atoms with Crippen LogP contribution in [0.4, 0.5) is 17.5 Å². The third kappa shape index (κ3) is 3.88. The van der Waals surface area contributed by atoms with Crippen molar-refractivity contribution in [3.05, 3.63) is 36.0 Å². The lowest BCUT2D eigenvalue weighted by Crippen LogP contribution is -2.12. The largest absolute Gasteiger partial charge is 0.357 e. The third-order valence-corrected chi connectivity index (χ3v) is 4.32. The smallest absolute Gasteiger partial charge is 0.294 e. The molecule has 3 rings (SSSR count). The van der Waals surface area contributed by atoms with Crippen molar-refractivity contribution in [3.8, 4) is 0 Å². The van der Waals surface area contributed by atoms with Gasteiger partial charge in [-0.1, -0.05) is 0 Å². The molecule has 1 fully saturated rings. The molecule has 1 aromatic heterocycles. The van der Waals surface area contributed by atoms with Crippen LogP contribution in [-0.2, 0) is 10.1 Å². The van der Waals surface area contributed by atoms with Gasteiger partial charge in [-0.25, -0.2) is 4.98 Å². The van der Waals surface area contributed by atoms with Gasteiger partial charge in [-0.3, -0.25) is 15.4 Å². The van der Waals surface area contributed by atoms with Crippen molar-refractivity contribution in [1.29, 1.82) is 0 Å². The van der Waals surface area contributed by atoms with Crippen LogP contribution >= 0.6 is 0 Å². The first kappa shape index (κ1) is 15.5. The van der Waals surface area contributed by atoms with Crippen LogP contribution in [0.25, 0.3) is 0 Å². The van der Waals surface area contributed by atoms with Gasteiger partial charge in [-0.15, -0.1) is 0 Å². The Kier molecular flexibility index (Phi) is 4.05. The molecule has 0 radical (unpaired) electrons. The zero-order valence-corrected chi connectivity index (χ0v) is 13.3. The number of rotatable bonds is 6. The van der Waals surface area contributed by atoms with E-state index in [2.05, 4.69) is 26.1 Å². The second kappa shape index (κ2) is 6.01. The second-order valence-electron chi connectivity index (χ2n) is 5.28. The molecule has 8 nitrogen and oxygen atoms in total. The molecule has 122 valence electrons. The minimum Gasteiger partial charge on any atom is -0.357 e. The highest BCUT2D eigenvalue weighted by Gasteiger charge is 2.26. The lowest BCUT2D eigenvalue weighted by atomic mass is 10.3. The predicted molar refractivity (Wildman–Crippen MR) is 87.1 cm³/mol. The quantitative estimate of drug-likeness (QED) is 0.468. The van der Waals surface area contributed by atoms with Crippen molar-refractivity contribution in [2.24, 2.45) is 0 Å². The predicted octanol–water partition coefficient (Wildman–Crippen LogP) is 2.08. The summed E-state index contributed by atoms with van der Waals surface area (Å²) in [6.07, 6.45) is 2.29. The van der Waals surface area contributed by atoms with Crippen LogP contribution in [0.15, 0.2) is 35.2 Å². The zero-order chi connectivity index (χ0) is 16.4. The van der Waals surface area contributed by atoms with E-state index in [0.29, 0.717) is 23.4 Å². The Labute approximate surface area is 134 Å². The fraction of sp³-hybridized carbons (Fsp3) is 0.286. The highest BCUT2D eigenvalue weighted by atomic mass is 32.2. The number of hydrogen-bond donors (Lipinski definition) is 4. The molecule has 1 aliphatic rings. The highest BCUT2D eigenvalue weighted by Crippen LogP contribution is 2.39. The number of hydrogen-bond acceptors (Lipinski definition) is 7. The van der Waals surface area contributed by atoms with Gasteiger partial charge < -0.3 is 5.32 Å². The SMILES string of the molecule is CNc1nc(NNc2ccc(S(=O)(=O)O)cc2)cc(C2CC2)n1. The maximum Gasteiger partial charge on any atom is 0.294 e. The maximum absolute atomic E-state index is 11.0. The van der Waals surface area contributed by atoms with Crippen LogP contribution in [0.3, 0.4) is 0 Å². The number of hydrazine groups is 1. The van der Waals surface area contributed by atoms with Crippen LogP contribution in [-0.4, -0.2) is 30.0 Å². The number of aromatic nitrogens is 2. The maximum atomic E-state index is 11.0. The third-order valence-electron chi connectivity index (χ3n) is 3.45. The molecule has 1 aromatic carbocycles. The molecule has 0 unspecified atom stereocenters. The van der Waals surface area contributed by atoms with E-state index in [-0.39, 0.29) is 4.90 Å². The molecule has 0 saturated heterocycles. The lowest BCUT2D eigenvalue weighted by molar-refractivity contribution is 0.483. The first-order valence-electron chi connectivity index (χ1n) is 7.12. The Morgan fingerprint density at radius 2 is 1.83 bits per heavy atom. The lowest BCUT2D eigenvalue weighted by Gasteiger charge is -2.11. The Hall–Kier alpha value is -2.39. The fourth-order valence-corrected chi connectivity index (χ4v) is 2.56. The molecule has 0 bridgehead atoms. The zero-order valence-electron chi connectivity index (χ0n) is 12.4.